The van der Waals surface area contributed by atoms with Crippen LogP contribution in [0.15, 0.2) is 53.4 Å². The summed E-state index contributed by atoms with van der Waals surface area (Å²) >= 11 is 0. The van der Waals surface area contributed by atoms with Crippen LogP contribution in [-0.4, -0.2) is 48.3 Å². The van der Waals surface area contributed by atoms with Crippen LogP contribution in [-0.2, 0) is 25.6 Å². The number of ether oxygens (including phenoxy) is 1. The number of nitrogens with zero attached hydrogens (tertiary/aromatic N) is 4. The summed E-state index contributed by atoms with van der Waals surface area (Å²) in [6.45, 7) is 2.22. The van der Waals surface area contributed by atoms with Crippen LogP contribution in [0.4, 0.5) is 0 Å². The van der Waals surface area contributed by atoms with Crippen LogP contribution in [0.1, 0.15) is 22.3 Å². The first-order chi connectivity index (χ1) is 13.9. The summed E-state index contributed by atoms with van der Waals surface area (Å²) < 4.78 is 34.0. The molecule has 0 atom stereocenters. The molecule has 1 heterocycles. The fourth-order valence-corrected chi connectivity index (χ4v) is 3.42. The van der Waals surface area contributed by atoms with Gasteiger partial charge in [0.2, 0.25) is 5.82 Å². The molecule has 2 aromatic carbocycles. The molecular weight excluding hydrogens is 396 g/mol. The third-order valence-electron chi connectivity index (χ3n) is 4.07. The average Bonchev–Trinajstić information content (AvgIpc) is 3.20. The fraction of sp³-hybridized carbons (Fsp3) is 0.263. The number of rotatable bonds is 8. The molecule has 0 saturated heterocycles. The molecule has 1 aromatic heterocycles. The van der Waals surface area contributed by atoms with Crippen LogP contribution in [0.25, 0.3) is 11.4 Å². The van der Waals surface area contributed by atoms with Crippen LogP contribution in [0, 0.1) is 6.92 Å². The van der Waals surface area contributed by atoms with Crippen molar-refractivity contribution in [2.75, 3.05) is 13.7 Å². The van der Waals surface area contributed by atoms with Crippen molar-refractivity contribution in [1.82, 2.24) is 20.2 Å². The minimum absolute atomic E-state index is 0.000902. The van der Waals surface area contributed by atoms with E-state index in [4.69, 9.17) is 4.18 Å². The molecule has 9 nitrogen and oxygen atoms in total. The number of carbonyl (C=O) groups excluding carboxylic acids is 1. The van der Waals surface area contributed by atoms with Gasteiger partial charge >= 0.3 is 5.97 Å². The molecule has 0 radical (unpaired) electrons. The van der Waals surface area contributed by atoms with Gasteiger partial charge in [-0.25, -0.2) is 4.79 Å². The van der Waals surface area contributed by atoms with Gasteiger partial charge in [-0.1, -0.05) is 29.8 Å². The summed E-state index contributed by atoms with van der Waals surface area (Å²) in [6.07, 6.45) is 0.391. The Bertz CT molecular complexity index is 1080. The van der Waals surface area contributed by atoms with Crippen molar-refractivity contribution in [1.29, 1.82) is 0 Å². The summed E-state index contributed by atoms with van der Waals surface area (Å²) in [7, 11) is -2.47. The van der Waals surface area contributed by atoms with Gasteiger partial charge in [0.1, 0.15) is 0 Å². The van der Waals surface area contributed by atoms with Crippen molar-refractivity contribution >= 4 is 16.1 Å². The molecular formula is C19H20N4O5S. The maximum absolute atomic E-state index is 12.1. The van der Waals surface area contributed by atoms with Crippen molar-refractivity contribution < 1.29 is 22.1 Å². The van der Waals surface area contributed by atoms with Crippen molar-refractivity contribution in [2.24, 2.45) is 0 Å². The molecule has 0 aliphatic rings. The van der Waals surface area contributed by atoms with Crippen molar-refractivity contribution in [2.45, 2.75) is 24.8 Å². The van der Waals surface area contributed by atoms with E-state index < -0.39 is 16.1 Å². The van der Waals surface area contributed by atoms with Gasteiger partial charge in [0.25, 0.3) is 10.1 Å². The highest BCUT2D eigenvalue weighted by Crippen LogP contribution is 2.16. The Labute approximate surface area is 168 Å². The predicted molar refractivity (Wildman–Crippen MR) is 104 cm³/mol. The molecule has 0 fully saturated rings. The Morgan fingerprint density at radius 2 is 1.76 bits per heavy atom. The molecule has 3 aromatic rings. The Kier molecular flexibility index (Phi) is 6.35. The first kappa shape index (κ1) is 20.6. The van der Waals surface area contributed by atoms with Crippen LogP contribution >= 0.6 is 0 Å². The smallest absolute Gasteiger partial charge is 0.337 e. The molecule has 0 N–H and O–H groups in total. The van der Waals surface area contributed by atoms with E-state index in [9.17, 15) is 13.2 Å². The highest BCUT2D eigenvalue weighted by Gasteiger charge is 2.15. The van der Waals surface area contributed by atoms with E-state index in [1.54, 1.807) is 36.4 Å². The number of esters is 1. The van der Waals surface area contributed by atoms with Gasteiger partial charge in [-0.15, -0.1) is 10.2 Å². The summed E-state index contributed by atoms with van der Waals surface area (Å²) in [6, 6.07) is 13.1. The van der Waals surface area contributed by atoms with Crippen molar-refractivity contribution in [3.63, 3.8) is 0 Å². The number of methoxy groups -OCH3 is 1. The van der Waals surface area contributed by atoms with Gasteiger partial charge in [0, 0.05) is 5.56 Å². The van der Waals surface area contributed by atoms with E-state index >= 15 is 0 Å². The summed E-state index contributed by atoms with van der Waals surface area (Å²) in [5.41, 5.74) is 2.09. The highest BCUT2D eigenvalue weighted by molar-refractivity contribution is 7.86. The number of hydrogen-bond acceptors (Lipinski definition) is 8. The second-order valence-corrected chi connectivity index (χ2v) is 7.84. The third-order valence-corrected chi connectivity index (χ3v) is 5.39. The lowest BCUT2D eigenvalue weighted by atomic mass is 10.1. The Balaban J connectivity index is 1.53. The zero-order valence-corrected chi connectivity index (χ0v) is 16.8. The van der Waals surface area contributed by atoms with Crippen molar-refractivity contribution in [3.05, 3.63) is 59.7 Å². The Morgan fingerprint density at radius 3 is 2.41 bits per heavy atom. The normalized spacial score (nSPS) is 11.4. The molecule has 0 aliphatic heterocycles. The summed E-state index contributed by atoms with van der Waals surface area (Å²) in [5, 5.41) is 12.2. The van der Waals surface area contributed by atoms with Crippen LogP contribution < -0.4 is 0 Å². The maximum atomic E-state index is 12.1. The van der Waals surface area contributed by atoms with E-state index in [0.29, 0.717) is 29.9 Å². The van der Waals surface area contributed by atoms with E-state index in [-0.39, 0.29) is 11.5 Å². The van der Waals surface area contributed by atoms with Gasteiger partial charge in [0.15, 0.2) is 0 Å². The topological polar surface area (TPSA) is 113 Å². The summed E-state index contributed by atoms with van der Waals surface area (Å²) in [4.78, 5) is 13.0. The quantitative estimate of drug-likeness (QED) is 0.312. The SMILES string of the molecule is COC(=O)c1ccc(-c2nnn(CCCOS(=O)(=O)c3ccc(C)cc3)n2)cc1. The Morgan fingerprint density at radius 1 is 1.07 bits per heavy atom. The number of aromatic nitrogens is 4. The molecule has 0 bridgehead atoms. The average molecular weight is 416 g/mol. The lowest BCUT2D eigenvalue weighted by molar-refractivity contribution is 0.0600. The van der Waals surface area contributed by atoms with Gasteiger partial charge in [0.05, 0.1) is 30.7 Å². The zero-order chi connectivity index (χ0) is 20.9. The van der Waals surface area contributed by atoms with E-state index in [0.717, 1.165) is 5.56 Å². The molecule has 0 unspecified atom stereocenters. The largest absolute Gasteiger partial charge is 0.465 e. The number of benzene rings is 2. The molecule has 0 aliphatic carbocycles. The number of tetrazole rings is 1. The predicted octanol–water partition coefficient (Wildman–Crippen LogP) is 2.23. The maximum Gasteiger partial charge on any atom is 0.337 e. The van der Waals surface area contributed by atoms with Gasteiger partial charge in [-0.3, -0.25) is 4.18 Å². The van der Waals surface area contributed by atoms with Gasteiger partial charge < -0.3 is 4.74 Å². The van der Waals surface area contributed by atoms with Gasteiger partial charge in [-0.05, 0) is 42.8 Å². The third kappa shape index (κ3) is 5.24. The van der Waals surface area contributed by atoms with E-state index in [2.05, 4.69) is 20.1 Å². The van der Waals surface area contributed by atoms with E-state index in [1.165, 1.54) is 24.0 Å². The van der Waals surface area contributed by atoms with E-state index in [1.807, 2.05) is 6.92 Å². The second-order valence-electron chi connectivity index (χ2n) is 6.22. The monoisotopic (exact) mass is 416 g/mol. The summed E-state index contributed by atoms with van der Waals surface area (Å²) in [5.74, 6) is -0.0247. The zero-order valence-electron chi connectivity index (χ0n) is 16.0. The first-order valence-corrected chi connectivity index (χ1v) is 10.2. The van der Waals surface area contributed by atoms with Crippen LogP contribution in [0.5, 0.6) is 0 Å². The minimum Gasteiger partial charge on any atom is -0.465 e. The van der Waals surface area contributed by atoms with Gasteiger partial charge in [-0.2, -0.15) is 13.2 Å². The molecule has 3 rings (SSSR count). The second kappa shape index (κ2) is 8.93. The molecule has 152 valence electrons. The van der Waals surface area contributed by atoms with Crippen LogP contribution in [0.2, 0.25) is 0 Å². The molecule has 0 saturated carbocycles. The molecule has 10 heteroatoms. The standard InChI is InChI=1S/C19H20N4O5S/c1-14-4-10-17(11-5-14)29(25,26)28-13-3-12-23-21-18(20-22-23)15-6-8-16(9-7-15)19(24)27-2/h4-11H,3,12-13H2,1-2H3. The van der Waals surface area contributed by atoms with Crippen molar-refractivity contribution in [3.8, 4) is 11.4 Å². The van der Waals surface area contributed by atoms with Crippen LogP contribution in [0.3, 0.4) is 0 Å². The molecule has 0 amide bonds. The number of hydrogen-bond donors (Lipinski definition) is 0. The Hall–Kier alpha value is -3.11. The number of carbonyl (C=O) groups is 1. The highest BCUT2D eigenvalue weighted by atomic mass is 32.2. The molecule has 29 heavy (non-hydrogen) atoms. The lowest BCUT2D eigenvalue weighted by Crippen LogP contribution is -2.11. The molecule has 0 spiro atoms. The number of aryl methyl sites for hydroxylation is 2. The first-order valence-electron chi connectivity index (χ1n) is 8.82. The lowest BCUT2D eigenvalue weighted by Gasteiger charge is -2.05. The fourth-order valence-electron chi connectivity index (χ4n) is 2.47. The minimum atomic E-state index is -3.79.